The summed E-state index contributed by atoms with van der Waals surface area (Å²) >= 11 is 2.67. The summed E-state index contributed by atoms with van der Waals surface area (Å²) < 4.78 is 10.5. The Morgan fingerprint density at radius 3 is 2.32 bits per heavy atom. The van der Waals surface area contributed by atoms with Crippen molar-refractivity contribution in [2.45, 2.75) is 38.9 Å². The van der Waals surface area contributed by atoms with Crippen LogP contribution in [0.2, 0.25) is 0 Å². The molecule has 2 N–H and O–H groups in total. The number of thiophene rings is 1. The standard InChI is InChI=1S/C19H22N2O5S2/c1-5-25-18(23)12-11(14-9(3)7-8-27-14)13(19(24)26-6-2)17-21(15(12)20)16(22)10(4)28-17/h7-8,10-11H,5-6,20H2,1-4H3. The first-order valence-corrected chi connectivity index (χ1v) is 10.7. The number of carbonyl (C=O) groups excluding carboxylic acids is 3. The third-order valence-electron chi connectivity index (χ3n) is 4.54. The molecule has 3 rings (SSSR count). The molecule has 1 saturated heterocycles. The summed E-state index contributed by atoms with van der Waals surface area (Å²) in [6.07, 6.45) is 0. The fourth-order valence-corrected chi connectivity index (χ4v) is 5.50. The van der Waals surface area contributed by atoms with E-state index in [2.05, 4.69) is 0 Å². The van der Waals surface area contributed by atoms with Crippen LogP contribution in [0.3, 0.4) is 0 Å². The molecule has 0 aliphatic carbocycles. The molecule has 150 valence electrons. The zero-order valence-electron chi connectivity index (χ0n) is 16.1. The van der Waals surface area contributed by atoms with E-state index in [0.717, 1.165) is 10.4 Å². The highest BCUT2D eigenvalue weighted by Crippen LogP contribution is 2.51. The first kappa shape index (κ1) is 20.5. The molecular weight excluding hydrogens is 400 g/mol. The summed E-state index contributed by atoms with van der Waals surface area (Å²) in [5.74, 6) is -2.21. The molecule has 2 unspecified atom stereocenters. The SMILES string of the molecule is CCOC(=O)C1=C(N)N2C(=O)C(C)SC2=C(C(=O)OCC)C1c1sccc1C. The predicted molar refractivity (Wildman–Crippen MR) is 107 cm³/mol. The van der Waals surface area contributed by atoms with Crippen LogP contribution >= 0.6 is 23.1 Å². The zero-order valence-corrected chi connectivity index (χ0v) is 17.7. The van der Waals surface area contributed by atoms with E-state index in [1.54, 1.807) is 20.8 Å². The van der Waals surface area contributed by atoms with Crippen molar-refractivity contribution in [1.29, 1.82) is 0 Å². The number of aryl methyl sites for hydroxylation is 1. The average molecular weight is 423 g/mol. The normalized spacial score (nSPS) is 21.9. The van der Waals surface area contributed by atoms with Crippen molar-refractivity contribution >= 4 is 40.9 Å². The molecule has 1 aromatic rings. The first-order valence-electron chi connectivity index (χ1n) is 8.96. The lowest BCUT2D eigenvalue weighted by molar-refractivity contribution is -0.139. The van der Waals surface area contributed by atoms with Gasteiger partial charge < -0.3 is 15.2 Å². The maximum atomic E-state index is 13.0. The van der Waals surface area contributed by atoms with Crippen molar-refractivity contribution in [2.24, 2.45) is 5.73 Å². The lowest BCUT2D eigenvalue weighted by Gasteiger charge is -2.32. The summed E-state index contributed by atoms with van der Waals surface area (Å²) in [7, 11) is 0. The van der Waals surface area contributed by atoms with E-state index in [1.807, 2.05) is 18.4 Å². The van der Waals surface area contributed by atoms with Gasteiger partial charge in [0.1, 0.15) is 5.82 Å². The number of rotatable bonds is 5. The van der Waals surface area contributed by atoms with E-state index in [1.165, 1.54) is 28.0 Å². The van der Waals surface area contributed by atoms with Crippen LogP contribution < -0.4 is 5.73 Å². The van der Waals surface area contributed by atoms with Crippen LogP contribution in [-0.4, -0.2) is 41.2 Å². The van der Waals surface area contributed by atoms with Gasteiger partial charge in [-0.15, -0.1) is 11.3 Å². The maximum absolute atomic E-state index is 13.0. The van der Waals surface area contributed by atoms with Gasteiger partial charge in [0.25, 0.3) is 0 Å². The smallest absolute Gasteiger partial charge is 0.338 e. The molecule has 0 spiro atoms. The van der Waals surface area contributed by atoms with Crippen LogP contribution in [0, 0.1) is 6.92 Å². The number of nitrogens with two attached hydrogens (primary N) is 1. The van der Waals surface area contributed by atoms with Crippen LogP contribution in [-0.2, 0) is 23.9 Å². The van der Waals surface area contributed by atoms with Crippen molar-refractivity contribution in [3.05, 3.63) is 43.9 Å². The Bertz CT molecular complexity index is 902. The van der Waals surface area contributed by atoms with E-state index >= 15 is 0 Å². The van der Waals surface area contributed by atoms with Crippen molar-refractivity contribution in [3.8, 4) is 0 Å². The molecule has 28 heavy (non-hydrogen) atoms. The number of amides is 1. The highest BCUT2D eigenvalue weighted by Gasteiger charge is 2.49. The molecule has 3 heterocycles. The van der Waals surface area contributed by atoms with Gasteiger partial charge in [-0.3, -0.25) is 9.69 Å². The van der Waals surface area contributed by atoms with Gasteiger partial charge in [-0.25, -0.2) is 9.59 Å². The number of thioether (sulfide) groups is 1. The summed E-state index contributed by atoms with van der Waals surface area (Å²) in [6, 6.07) is 1.91. The van der Waals surface area contributed by atoms with Gasteiger partial charge >= 0.3 is 11.9 Å². The third kappa shape index (κ3) is 3.22. The van der Waals surface area contributed by atoms with Gasteiger partial charge in [0.05, 0.1) is 40.6 Å². The minimum atomic E-state index is -0.741. The molecule has 2 aliphatic rings. The highest BCUT2D eigenvalue weighted by molar-refractivity contribution is 8.04. The van der Waals surface area contributed by atoms with E-state index < -0.39 is 23.1 Å². The number of hydrogen-bond donors (Lipinski definition) is 1. The van der Waals surface area contributed by atoms with Gasteiger partial charge in [0.2, 0.25) is 5.91 Å². The topological polar surface area (TPSA) is 98.9 Å². The number of fused-ring (bicyclic) bond motifs is 1. The summed E-state index contributed by atoms with van der Waals surface area (Å²) in [5, 5.41) is 1.89. The second-order valence-corrected chi connectivity index (χ2v) is 8.57. The van der Waals surface area contributed by atoms with Crippen LogP contribution in [0.15, 0.2) is 33.4 Å². The van der Waals surface area contributed by atoms with E-state index in [9.17, 15) is 14.4 Å². The Hall–Kier alpha value is -2.26. The Balaban J connectivity index is 2.30. The van der Waals surface area contributed by atoms with Gasteiger partial charge in [0, 0.05) is 4.88 Å². The minimum Gasteiger partial charge on any atom is -0.463 e. The second-order valence-electron chi connectivity index (χ2n) is 6.29. The van der Waals surface area contributed by atoms with Gasteiger partial charge in [-0.2, -0.15) is 0 Å². The molecule has 2 aliphatic heterocycles. The minimum absolute atomic E-state index is 0.0150. The van der Waals surface area contributed by atoms with E-state index in [4.69, 9.17) is 15.2 Å². The van der Waals surface area contributed by atoms with Crippen LogP contribution in [0.1, 0.15) is 37.1 Å². The Morgan fingerprint density at radius 2 is 1.79 bits per heavy atom. The molecule has 1 aromatic heterocycles. The molecule has 2 atom stereocenters. The number of nitrogens with zero attached hydrogens (tertiary/aromatic N) is 1. The number of ether oxygens (including phenoxy) is 2. The lowest BCUT2D eigenvalue weighted by Crippen LogP contribution is -2.40. The summed E-state index contributed by atoms with van der Waals surface area (Å²) in [5.41, 5.74) is 7.60. The molecular formula is C19H22N2O5S2. The lowest BCUT2D eigenvalue weighted by atomic mass is 9.85. The van der Waals surface area contributed by atoms with Gasteiger partial charge in [-0.1, -0.05) is 11.8 Å². The third-order valence-corrected chi connectivity index (χ3v) is 6.80. The molecule has 9 heteroatoms. The fraction of sp³-hybridized carbons (Fsp3) is 0.421. The number of esters is 2. The largest absolute Gasteiger partial charge is 0.463 e. The molecule has 1 amide bonds. The Kier molecular flexibility index (Phi) is 5.85. The maximum Gasteiger partial charge on any atom is 0.338 e. The number of hydrogen-bond acceptors (Lipinski definition) is 8. The van der Waals surface area contributed by atoms with Crippen LogP contribution in [0.4, 0.5) is 0 Å². The molecule has 0 aromatic carbocycles. The second kappa shape index (κ2) is 8.00. The fourth-order valence-electron chi connectivity index (χ4n) is 3.29. The Morgan fingerprint density at radius 1 is 1.18 bits per heavy atom. The summed E-state index contributed by atoms with van der Waals surface area (Å²) in [6.45, 7) is 7.37. The molecule has 0 radical (unpaired) electrons. The average Bonchev–Trinajstić information content (AvgIpc) is 3.18. The van der Waals surface area contributed by atoms with E-state index in [-0.39, 0.29) is 36.1 Å². The highest BCUT2D eigenvalue weighted by atomic mass is 32.2. The van der Waals surface area contributed by atoms with Crippen molar-refractivity contribution in [3.63, 3.8) is 0 Å². The van der Waals surface area contributed by atoms with Crippen molar-refractivity contribution in [1.82, 2.24) is 4.90 Å². The van der Waals surface area contributed by atoms with E-state index in [0.29, 0.717) is 5.03 Å². The summed E-state index contributed by atoms with van der Waals surface area (Å²) in [4.78, 5) is 40.6. The first-order chi connectivity index (χ1) is 13.3. The van der Waals surface area contributed by atoms with Crippen LogP contribution in [0.25, 0.3) is 0 Å². The quantitative estimate of drug-likeness (QED) is 0.728. The predicted octanol–water partition coefficient (Wildman–Crippen LogP) is 2.63. The monoisotopic (exact) mass is 422 g/mol. The number of carbonyl (C=O) groups is 3. The molecule has 7 nitrogen and oxygen atoms in total. The van der Waals surface area contributed by atoms with Crippen LogP contribution in [0.5, 0.6) is 0 Å². The van der Waals surface area contributed by atoms with Gasteiger partial charge in [-0.05, 0) is 44.7 Å². The van der Waals surface area contributed by atoms with Gasteiger partial charge in [0.15, 0.2) is 0 Å². The Labute approximate surface area is 171 Å². The molecule has 0 bridgehead atoms. The molecule has 1 fully saturated rings. The molecule has 0 saturated carbocycles. The zero-order chi connectivity index (χ0) is 20.6. The van der Waals surface area contributed by atoms with Crippen molar-refractivity contribution in [2.75, 3.05) is 13.2 Å². The van der Waals surface area contributed by atoms with Crippen molar-refractivity contribution < 1.29 is 23.9 Å².